The lowest BCUT2D eigenvalue weighted by Gasteiger charge is -2.16. The average molecular weight is 411 g/mol. The molecule has 0 aliphatic carbocycles. The topological polar surface area (TPSA) is 62.4 Å². The number of aromatic nitrogens is 2. The van der Waals surface area contributed by atoms with E-state index in [1.807, 2.05) is 29.0 Å². The Balaban J connectivity index is 1.48. The third-order valence-electron chi connectivity index (χ3n) is 5.03. The van der Waals surface area contributed by atoms with E-state index in [9.17, 15) is 4.79 Å². The third kappa shape index (κ3) is 4.09. The van der Waals surface area contributed by atoms with Gasteiger partial charge in [-0.1, -0.05) is 36.4 Å². The number of fused-ring (bicyclic) bond motifs is 1. The summed E-state index contributed by atoms with van der Waals surface area (Å²) in [6, 6.07) is 15.2. The van der Waals surface area contributed by atoms with Crippen LogP contribution in [0.25, 0.3) is 20.7 Å². The highest BCUT2D eigenvalue weighted by molar-refractivity contribution is 7.18. The first-order valence-electron chi connectivity index (χ1n) is 9.56. The molecular formula is C22H24N3OS2+. The molecule has 4 nitrogen and oxygen atoms in total. The Morgan fingerprint density at radius 1 is 1.11 bits per heavy atom. The average Bonchev–Trinajstić information content (AvgIpc) is 3.36. The van der Waals surface area contributed by atoms with Crippen molar-refractivity contribution in [1.29, 1.82) is 0 Å². The molecule has 0 fully saturated rings. The van der Waals surface area contributed by atoms with E-state index in [1.54, 1.807) is 22.7 Å². The van der Waals surface area contributed by atoms with Crippen LogP contribution < -0.4 is 10.9 Å². The van der Waals surface area contributed by atoms with Gasteiger partial charge in [-0.05, 0) is 37.3 Å². The maximum atomic E-state index is 12.8. The van der Waals surface area contributed by atoms with Gasteiger partial charge < -0.3 is 10.3 Å². The second kappa shape index (κ2) is 8.39. The minimum atomic E-state index is -0.0400. The monoisotopic (exact) mass is 410 g/mol. The Kier molecular flexibility index (Phi) is 5.71. The third-order valence-corrected chi connectivity index (χ3v) is 6.80. The van der Waals surface area contributed by atoms with Crippen LogP contribution in [0.5, 0.6) is 0 Å². The van der Waals surface area contributed by atoms with Crippen LogP contribution in [0.3, 0.4) is 0 Å². The molecule has 0 spiro atoms. The molecule has 6 heteroatoms. The maximum Gasteiger partial charge on any atom is 0.260 e. The number of thiophene rings is 2. The van der Waals surface area contributed by atoms with Crippen LogP contribution in [0.2, 0.25) is 0 Å². The highest BCUT2D eigenvalue weighted by Gasteiger charge is 2.19. The Hall–Kier alpha value is -2.28. The Morgan fingerprint density at radius 2 is 1.93 bits per heavy atom. The van der Waals surface area contributed by atoms with Crippen molar-refractivity contribution in [3.05, 3.63) is 75.0 Å². The maximum absolute atomic E-state index is 12.8. The summed E-state index contributed by atoms with van der Waals surface area (Å²) in [5.74, 6) is 0.753. The molecule has 0 amide bonds. The number of aryl methyl sites for hydroxylation is 1. The molecule has 0 bridgehead atoms. The lowest BCUT2D eigenvalue weighted by atomic mass is 10.1. The van der Waals surface area contributed by atoms with Crippen molar-refractivity contribution >= 4 is 32.9 Å². The molecule has 3 heterocycles. The molecule has 0 aliphatic heterocycles. The number of benzene rings is 1. The van der Waals surface area contributed by atoms with Gasteiger partial charge in [-0.25, -0.2) is 4.98 Å². The number of nitrogens with two attached hydrogens (primary N) is 1. The highest BCUT2D eigenvalue weighted by Crippen LogP contribution is 2.33. The molecule has 0 unspecified atom stereocenters. The molecule has 4 aromatic rings. The molecular weight excluding hydrogens is 386 g/mol. The zero-order valence-corrected chi connectivity index (χ0v) is 17.6. The number of quaternary nitrogens is 1. The van der Waals surface area contributed by atoms with Gasteiger partial charge in [0.1, 0.15) is 10.9 Å². The lowest BCUT2D eigenvalue weighted by Crippen LogP contribution is -2.89. The minimum Gasteiger partial charge on any atom is -0.336 e. The number of rotatable bonds is 7. The molecule has 144 valence electrons. The summed E-state index contributed by atoms with van der Waals surface area (Å²) in [7, 11) is 0. The van der Waals surface area contributed by atoms with Crippen molar-refractivity contribution in [3.8, 4) is 10.4 Å². The van der Waals surface area contributed by atoms with Gasteiger partial charge in [0.05, 0.1) is 11.4 Å². The van der Waals surface area contributed by atoms with E-state index >= 15 is 0 Å². The summed E-state index contributed by atoms with van der Waals surface area (Å²) in [4.78, 5) is 22.5. The van der Waals surface area contributed by atoms with Gasteiger partial charge in [0.15, 0.2) is 5.82 Å². The van der Waals surface area contributed by atoms with Crippen LogP contribution in [-0.4, -0.2) is 16.0 Å². The number of nitrogens with one attached hydrogen (secondary N) is 1. The van der Waals surface area contributed by atoms with E-state index in [-0.39, 0.29) is 11.6 Å². The van der Waals surface area contributed by atoms with Gasteiger partial charge in [0, 0.05) is 22.2 Å². The molecule has 0 aliphatic rings. The zero-order chi connectivity index (χ0) is 19.5. The second-order valence-electron chi connectivity index (χ2n) is 7.24. The normalized spacial score (nSPS) is 13.6. The molecule has 2 atom stereocenters. The first kappa shape index (κ1) is 19.1. The van der Waals surface area contributed by atoms with E-state index in [0.29, 0.717) is 11.4 Å². The summed E-state index contributed by atoms with van der Waals surface area (Å²) in [5.41, 5.74) is 2.31. The zero-order valence-electron chi connectivity index (χ0n) is 16.0. The number of H-pyrrole nitrogens is 1. The van der Waals surface area contributed by atoms with E-state index in [0.717, 1.165) is 33.9 Å². The molecule has 0 saturated heterocycles. The van der Waals surface area contributed by atoms with Gasteiger partial charge in [-0.2, -0.15) is 0 Å². The Bertz CT molecular complexity index is 1100. The summed E-state index contributed by atoms with van der Waals surface area (Å²) < 4.78 is 0. The molecule has 0 saturated carbocycles. The Labute approximate surface area is 172 Å². The number of aromatic amines is 1. The van der Waals surface area contributed by atoms with Gasteiger partial charge in [-0.3, -0.25) is 4.79 Å². The molecule has 3 N–H and O–H groups in total. The van der Waals surface area contributed by atoms with Crippen molar-refractivity contribution in [2.75, 3.05) is 0 Å². The van der Waals surface area contributed by atoms with Crippen LogP contribution in [0, 0.1) is 0 Å². The standard InChI is InChI=1S/C22H23N3OS2/c1-14(10-11-16-7-4-3-5-8-16)23-15(2)20-24-21(26)19-17(13-28-22(19)25-20)18-9-6-12-27-18/h3-9,12-15,23H,10-11H2,1-2H3,(H,24,25,26)/p+1/t14-,15-/m0/s1. The molecule has 3 aromatic heterocycles. The first-order valence-corrected chi connectivity index (χ1v) is 11.3. The predicted molar refractivity (Wildman–Crippen MR) is 118 cm³/mol. The fourth-order valence-electron chi connectivity index (χ4n) is 3.51. The van der Waals surface area contributed by atoms with Gasteiger partial charge >= 0.3 is 0 Å². The fraction of sp³-hybridized carbons (Fsp3) is 0.273. The van der Waals surface area contributed by atoms with Crippen LogP contribution in [0.1, 0.15) is 37.7 Å². The minimum absolute atomic E-state index is 0.0400. The quantitative estimate of drug-likeness (QED) is 0.475. The summed E-state index contributed by atoms with van der Waals surface area (Å²) in [6.07, 6.45) is 2.14. The summed E-state index contributed by atoms with van der Waals surface area (Å²) in [5, 5.41) is 7.07. The number of hydrogen-bond acceptors (Lipinski definition) is 4. The van der Waals surface area contributed by atoms with E-state index in [4.69, 9.17) is 4.98 Å². The van der Waals surface area contributed by atoms with Crippen molar-refractivity contribution in [2.24, 2.45) is 0 Å². The molecule has 0 radical (unpaired) electrons. The fourth-order valence-corrected chi connectivity index (χ4v) is 5.28. The highest BCUT2D eigenvalue weighted by atomic mass is 32.1. The molecule has 1 aromatic carbocycles. The van der Waals surface area contributed by atoms with Gasteiger partial charge in [0.2, 0.25) is 0 Å². The SMILES string of the molecule is C[C@H]([NH2+][C@@H](C)CCc1ccccc1)c1nc2scc(-c3cccs3)c2c(=O)[nH]1. The molecule has 4 rings (SSSR count). The largest absolute Gasteiger partial charge is 0.336 e. The molecule has 28 heavy (non-hydrogen) atoms. The van der Waals surface area contributed by atoms with Crippen LogP contribution >= 0.6 is 22.7 Å². The smallest absolute Gasteiger partial charge is 0.260 e. The summed E-state index contributed by atoms with van der Waals surface area (Å²) in [6.45, 7) is 4.34. The van der Waals surface area contributed by atoms with Crippen molar-refractivity contribution in [2.45, 2.75) is 38.8 Å². The Morgan fingerprint density at radius 3 is 2.68 bits per heavy atom. The van der Waals surface area contributed by atoms with Crippen LogP contribution in [-0.2, 0) is 6.42 Å². The van der Waals surface area contributed by atoms with Crippen molar-refractivity contribution in [3.63, 3.8) is 0 Å². The van der Waals surface area contributed by atoms with Crippen LogP contribution in [0.15, 0.2) is 58.0 Å². The lowest BCUT2D eigenvalue weighted by molar-refractivity contribution is -0.723. The number of hydrogen-bond donors (Lipinski definition) is 2. The van der Waals surface area contributed by atoms with Gasteiger partial charge in [0.25, 0.3) is 5.56 Å². The van der Waals surface area contributed by atoms with E-state index < -0.39 is 0 Å². The van der Waals surface area contributed by atoms with E-state index in [2.05, 4.69) is 48.4 Å². The summed E-state index contributed by atoms with van der Waals surface area (Å²) >= 11 is 3.19. The van der Waals surface area contributed by atoms with Crippen molar-refractivity contribution in [1.82, 2.24) is 9.97 Å². The van der Waals surface area contributed by atoms with Gasteiger partial charge in [-0.15, -0.1) is 22.7 Å². The number of nitrogens with zero attached hydrogens (tertiary/aromatic N) is 1. The van der Waals surface area contributed by atoms with Crippen molar-refractivity contribution < 1.29 is 5.32 Å². The second-order valence-corrected chi connectivity index (χ2v) is 9.05. The van der Waals surface area contributed by atoms with Crippen LogP contribution in [0.4, 0.5) is 0 Å². The first-order chi connectivity index (χ1) is 13.6. The predicted octanol–water partition coefficient (Wildman–Crippen LogP) is 4.36. The van der Waals surface area contributed by atoms with E-state index in [1.165, 1.54) is 5.56 Å².